The third kappa shape index (κ3) is 4.97. The molecule has 0 bridgehead atoms. The molecule has 4 rings (SSSR count). The molecule has 0 aliphatic carbocycles. The van der Waals surface area contributed by atoms with E-state index < -0.39 is 0 Å². The first-order valence-corrected chi connectivity index (χ1v) is 9.89. The van der Waals surface area contributed by atoms with E-state index in [1.807, 2.05) is 36.5 Å². The molecule has 0 N–H and O–H groups in total. The van der Waals surface area contributed by atoms with Gasteiger partial charge in [-0.1, -0.05) is 48.5 Å². The van der Waals surface area contributed by atoms with E-state index in [9.17, 15) is 0 Å². The number of ether oxygens (including phenoxy) is 1. The molecule has 1 aliphatic rings. The van der Waals surface area contributed by atoms with Crippen LogP contribution in [-0.4, -0.2) is 48.0 Å². The first-order chi connectivity index (χ1) is 13.8. The average molecular weight is 374 g/mol. The first kappa shape index (κ1) is 18.7. The highest BCUT2D eigenvalue weighted by molar-refractivity contribution is 5.61. The lowest BCUT2D eigenvalue weighted by Crippen LogP contribution is -2.43. The number of nitrogens with zero attached hydrogens (tertiary/aromatic N) is 3. The number of likely N-dealkylation sites (N-methyl/N-ethyl adjacent to an activating group) is 1. The summed E-state index contributed by atoms with van der Waals surface area (Å²) in [5.41, 5.74) is 4.49. The summed E-state index contributed by atoms with van der Waals surface area (Å²) in [5.74, 6) is 0.865. The molecule has 4 heteroatoms. The largest absolute Gasteiger partial charge is 0.489 e. The highest BCUT2D eigenvalue weighted by Gasteiger charge is 2.14. The van der Waals surface area contributed by atoms with E-state index in [1.54, 1.807) is 0 Å². The molecule has 144 valence electrons. The Labute approximate surface area is 167 Å². The molecule has 0 spiro atoms. The fourth-order valence-electron chi connectivity index (χ4n) is 3.44. The molecular formula is C24H27N3O. The van der Waals surface area contributed by atoms with Crippen LogP contribution >= 0.6 is 0 Å². The second kappa shape index (κ2) is 9.00. The molecule has 1 aliphatic heterocycles. The summed E-state index contributed by atoms with van der Waals surface area (Å²) in [4.78, 5) is 9.57. The minimum Gasteiger partial charge on any atom is -0.489 e. The summed E-state index contributed by atoms with van der Waals surface area (Å²) in [7, 11) is 2.19. The third-order valence-corrected chi connectivity index (χ3v) is 5.20. The van der Waals surface area contributed by atoms with Gasteiger partial charge in [0.1, 0.15) is 12.4 Å². The van der Waals surface area contributed by atoms with Gasteiger partial charge >= 0.3 is 0 Å². The molecule has 28 heavy (non-hydrogen) atoms. The molecule has 3 aromatic rings. The zero-order valence-electron chi connectivity index (χ0n) is 16.4. The van der Waals surface area contributed by atoms with Crippen molar-refractivity contribution in [3.63, 3.8) is 0 Å². The van der Waals surface area contributed by atoms with Crippen LogP contribution in [0.4, 0.5) is 0 Å². The molecule has 1 saturated heterocycles. The van der Waals surface area contributed by atoms with E-state index in [2.05, 4.69) is 53.2 Å². The summed E-state index contributed by atoms with van der Waals surface area (Å²) in [5, 5.41) is 0. The Morgan fingerprint density at radius 3 is 2.43 bits per heavy atom. The van der Waals surface area contributed by atoms with Crippen LogP contribution < -0.4 is 4.74 Å². The van der Waals surface area contributed by atoms with Gasteiger partial charge in [-0.25, -0.2) is 0 Å². The minimum absolute atomic E-state index is 0.571. The fourth-order valence-corrected chi connectivity index (χ4v) is 3.44. The van der Waals surface area contributed by atoms with E-state index in [0.717, 1.165) is 49.7 Å². The van der Waals surface area contributed by atoms with Crippen LogP contribution in [0.3, 0.4) is 0 Å². The summed E-state index contributed by atoms with van der Waals surface area (Å²) in [6.45, 7) is 6.07. The van der Waals surface area contributed by atoms with Crippen molar-refractivity contribution in [2.24, 2.45) is 0 Å². The number of benzene rings is 2. The van der Waals surface area contributed by atoms with Gasteiger partial charge in [-0.2, -0.15) is 0 Å². The van der Waals surface area contributed by atoms with Gasteiger partial charge < -0.3 is 9.64 Å². The zero-order valence-corrected chi connectivity index (χ0v) is 16.4. The van der Waals surface area contributed by atoms with Crippen molar-refractivity contribution >= 4 is 0 Å². The molecule has 0 amide bonds. The molecule has 1 aromatic heterocycles. The van der Waals surface area contributed by atoms with Crippen molar-refractivity contribution in [3.05, 3.63) is 84.1 Å². The number of hydrogen-bond acceptors (Lipinski definition) is 4. The van der Waals surface area contributed by atoms with Crippen LogP contribution in [0.25, 0.3) is 11.3 Å². The van der Waals surface area contributed by atoms with Crippen LogP contribution in [0.5, 0.6) is 5.75 Å². The molecule has 0 radical (unpaired) electrons. The summed E-state index contributed by atoms with van der Waals surface area (Å²) in [6.07, 6.45) is 2.01. The Morgan fingerprint density at radius 1 is 0.857 bits per heavy atom. The smallest absolute Gasteiger partial charge is 0.120 e. The van der Waals surface area contributed by atoms with Gasteiger partial charge in [-0.05, 0) is 36.4 Å². The Morgan fingerprint density at radius 2 is 1.68 bits per heavy atom. The van der Waals surface area contributed by atoms with Crippen molar-refractivity contribution in [2.75, 3.05) is 33.2 Å². The number of hydrogen-bond donors (Lipinski definition) is 0. The van der Waals surface area contributed by atoms with E-state index >= 15 is 0 Å². The lowest BCUT2D eigenvalue weighted by molar-refractivity contribution is 0.148. The Bertz CT molecular complexity index is 872. The molecule has 2 aromatic carbocycles. The van der Waals surface area contributed by atoms with Gasteiger partial charge in [-0.3, -0.25) is 9.88 Å². The van der Waals surface area contributed by atoms with Gasteiger partial charge in [0, 0.05) is 44.5 Å². The maximum atomic E-state index is 5.95. The summed E-state index contributed by atoms with van der Waals surface area (Å²) >= 11 is 0. The monoisotopic (exact) mass is 373 g/mol. The first-order valence-electron chi connectivity index (χ1n) is 9.89. The van der Waals surface area contributed by atoms with E-state index in [-0.39, 0.29) is 0 Å². The quantitative estimate of drug-likeness (QED) is 0.651. The lowest BCUT2D eigenvalue weighted by atomic mass is 10.1. The average Bonchev–Trinajstić information content (AvgIpc) is 2.75. The van der Waals surface area contributed by atoms with Crippen molar-refractivity contribution in [3.8, 4) is 17.0 Å². The van der Waals surface area contributed by atoms with Gasteiger partial charge in [0.15, 0.2) is 0 Å². The van der Waals surface area contributed by atoms with Crippen LogP contribution in [0.1, 0.15) is 11.1 Å². The Hall–Kier alpha value is -2.69. The molecule has 1 fully saturated rings. The van der Waals surface area contributed by atoms with E-state index in [4.69, 9.17) is 9.72 Å². The summed E-state index contributed by atoms with van der Waals surface area (Å²) in [6, 6.07) is 22.7. The van der Waals surface area contributed by atoms with Gasteiger partial charge in [0.2, 0.25) is 0 Å². The fraction of sp³-hybridized carbons (Fsp3) is 0.292. The Kier molecular flexibility index (Phi) is 6.00. The SMILES string of the molecule is CN1CCN(Cc2ccc(-c3cccc(OCc4ccccc4)c3)nc2)CC1. The number of rotatable bonds is 6. The van der Waals surface area contributed by atoms with E-state index in [0.29, 0.717) is 6.61 Å². The highest BCUT2D eigenvalue weighted by atomic mass is 16.5. The second-order valence-corrected chi connectivity index (χ2v) is 7.43. The van der Waals surface area contributed by atoms with Crippen LogP contribution in [-0.2, 0) is 13.2 Å². The van der Waals surface area contributed by atoms with Crippen molar-refractivity contribution in [1.82, 2.24) is 14.8 Å². The third-order valence-electron chi connectivity index (χ3n) is 5.20. The van der Waals surface area contributed by atoms with Crippen LogP contribution in [0, 0.1) is 0 Å². The normalized spacial score (nSPS) is 15.5. The van der Waals surface area contributed by atoms with Crippen LogP contribution in [0.2, 0.25) is 0 Å². The maximum absolute atomic E-state index is 5.95. The topological polar surface area (TPSA) is 28.6 Å². The van der Waals surface area contributed by atoms with Crippen LogP contribution in [0.15, 0.2) is 72.9 Å². The Balaban J connectivity index is 1.38. The standard InChI is InChI=1S/C24H27N3O/c1-26-12-14-27(15-13-26)18-21-10-11-24(25-17-21)22-8-5-9-23(16-22)28-19-20-6-3-2-4-7-20/h2-11,16-17H,12-15,18-19H2,1H3. The lowest BCUT2D eigenvalue weighted by Gasteiger charge is -2.32. The zero-order chi connectivity index (χ0) is 19.2. The number of piperazine rings is 1. The highest BCUT2D eigenvalue weighted by Crippen LogP contribution is 2.23. The predicted octanol–water partition coefficient (Wildman–Crippen LogP) is 4.08. The van der Waals surface area contributed by atoms with Gasteiger partial charge in [0.25, 0.3) is 0 Å². The number of pyridine rings is 1. The van der Waals surface area contributed by atoms with Gasteiger partial charge in [-0.15, -0.1) is 0 Å². The van der Waals surface area contributed by atoms with Crippen molar-refractivity contribution in [2.45, 2.75) is 13.2 Å². The number of aromatic nitrogens is 1. The maximum Gasteiger partial charge on any atom is 0.120 e. The predicted molar refractivity (Wildman–Crippen MR) is 113 cm³/mol. The van der Waals surface area contributed by atoms with Gasteiger partial charge in [0.05, 0.1) is 5.69 Å². The molecule has 0 unspecified atom stereocenters. The van der Waals surface area contributed by atoms with Crippen molar-refractivity contribution in [1.29, 1.82) is 0 Å². The summed E-state index contributed by atoms with van der Waals surface area (Å²) < 4.78 is 5.95. The van der Waals surface area contributed by atoms with Crippen molar-refractivity contribution < 1.29 is 4.74 Å². The molecule has 4 nitrogen and oxygen atoms in total. The minimum atomic E-state index is 0.571. The molecular weight excluding hydrogens is 346 g/mol. The molecule has 2 heterocycles. The van der Waals surface area contributed by atoms with E-state index in [1.165, 1.54) is 11.1 Å². The molecule has 0 atom stereocenters. The second-order valence-electron chi connectivity index (χ2n) is 7.43. The molecule has 0 saturated carbocycles.